The van der Waals surface area contributed by atoms with E-state index in [0.29, 0.717) is 24.9 Å². The highest BCUT2D eigenvalue weighted by atomic mass is 16.5. The highest BCUT2D eigenvalue weighted by Crippen LogP contribution is 2.56. The molecule has 0 aromatic rings. The summed E-state index contributed by atoms with van der Waals surface area (Å²) in [5.41, 5.74) is 0. The molecule has 0 bridgehead atoms. The van der Waals surface area contributed by atoms with Gasteiger partial charge in [0.1, 0.15) is 0 Å². The lowest BCUT2D eigenvalue weighted by molar-refractivity contribution is -0.139. The fourth-order valence-corrected chi connectivity index (χ4v) is 4.13. The van der Waals surface area contributed by atoms with Crippen molar-refractivity contribution in [1.29, 1.82) is 0 Å². The monoisotopic (exact) mass is 295 g/mol. The summed E-state index contributed by atoms with van der Waals surface area (Å²) < 4.78 is 5.62. The fraction of sp³-hybridized carbons (Fsp3) is 0.875. The Bertz CT molecular complexity index is 393. The van der Waals surface area contributed by atoms with Gasteiger partial charge in [0.05, 0.1) is 12.5 Å². The first-order valence-corrected chi connectivity index (χ1v) is 8.29. The van der Waals surface area contributed by atoms with Gasteiger partial charge in [-0.15, -0.1) is 0 Å². The molecule has 0 unspecified atom stereocenters. The van der Waals surface area contributed by atoms with Gasteiger partial charge in [-0.2, -0.15) is 0 Å². The van der Waals surface area contributed by atoms with Crippen molar-refractivity contribution in [2.75, 3.05) is 19.7 Å². The Balaban J connectivity index is 1.59. The van der Waals surface area contributed by atoms with Gasteiger partial charge < -0.3 is 14.7 Å². The molecule has 3 fully saturated rings. The minimum absolute atomic E-state index is 0.0283. The van der Waals surface area contributed by atoms with Gasteiger partial charge in [-0.25, -0.2) is 0 Å². The standard InChI is InChI=1S/C16H25NO4/c18-14(19)7-8-17(10-11-4-3-9-21-11)16(20)15-12-5-1-2-6-13(12)15/h11-13,15H,1-10H2,(H,18,19)/t11-,12-,13-/m0/s1. The van der Waals surface area contributed by atoms with Crippen LogP contribution in [0.25, 0.3) is 0 Å². The molecule has 1 N–H and O–H groups in total. The lowest BCUT2D eigenvalue weighted by Crippen LogP contribution is -2.40. The van der Waals surface area contributed by atoms with Crippen molar-refractivity contribution in [2.24, 2.45) is 17.8 Å². The molecule has 5 heteroatoms. The van der Waals surface area contributed by atoms with E-state index in [2.05, 4.69) is 0 Å². The number of carboxylic acids is 1. The number of carbonyl (C=O) groups is 2. The average molecular weight is 295 g/mol. The summed E-state index contributed by atoms with van der Waals surface area (Å²) in [4.78, 5) is 25.4. The maximum Gasteiger partial charge on any atom is 0.305 e. The van der Waals surface area contributed by atoms with E-state index in [0.717, 1.165) is 19.4 Å². The Labute approximate surface area is 125 Å². The molecule has 1 saturated heterocycles. The number of hydrogen-bond acceptors (Lipinski definition) is 3. The van der Waals surface area contributed by atoms with Gasteiger partial charge in [-0.1, -0.05) is 12.8 Å². The average Bonchev–Trinajstić information content (AvgIpc) is 2.97. The van der Waals surface area contributed by atoms with E-state index in [1.807, 2.05) is 0 Å². The number of aliphatic carboxylic acids is 1. The summed E-state index contributed by atoms with van der Waals surface area (Å²) in [7, 11) is 0. The van der Waals surface area contributed by atoms with E-state index < -0.39 is 5.97 Å². The van der Waals surface area contributed by atoms with E-state index in [4.69, 9.17) is 9.84 Å². The van der Waals surface area contributed by atoms with Crippen LogP contribution in [-0.4, -0.2) is 47.7 Å². The topological polar surface area (TPSA) is 66.8 Å². The van der Waals surface area contributed by atoms with Gasteiger partial charge in [0.25, 0.3) is 0 Å². The third kappa shape index (κ3) is 3.39. The molecule has 2 saturated carbocycles. The SMILES string of the molecule is O=C(O)CCN(C[C@@H]1CCCO1)C(=O)C1[C@H]2CCCC[C@H]12. The van der Waals surface area contributed by atoms with Crippen LogP contribution in [0.3, 0.4) is 0 Å². The molecule has 3 aliphatic rings. The van der Waals surface area contributed by atoms with Crippen molar-refractivity contribution in [3.8, 4) is 0 Å². The lowest BCUT2D eigenvalue weighted by atomic mass is 10.0. The maximum absolute atomic E-state index is 12.7. The van der Waals surface area contributed by atoms with Crippen LogP contribution in [0.2, 0.25) is 0 Å². The zero-order valence-corrected chi connectivity index (χ0v) is 12.5. The van der Waals surface area contributed by atoms with Gasteiger partial charge in [0, 0.05) is 25.6 Å². The minimum Gasteiger partial charge on any atom is -0.481 e. The number of nitrogens with zero attached hydrogens (tertiary/aromatic N) is 1. The van der Waals surface area contributed by atoms with Crippen molar-refractivity contribution in [3.05, 3.63) is 0 Å². The minimum atomic E-state index is -0.839. The van der Waals surface area contributed by atoms with Crippen LogP contribution in [0, 0.1) is 17.8 Å². The normalized spacial score (nSPS) is 34.3. The molecule has 5 nitrogen and oxygen atoms in total. The molecular weight excluding hydrogens is 270 g/mol. The molecule has 21 heavy (non-hydrogen) atoms. The van der Waals surface area contributed by atoms with E-state index in [1.165, 1.54) is 25.7 Å². The molecule has 0 aromatic heterocycles. The van der Waals surface area contributed by atoms with E-state index in [1.54, 1.807) is 4.90 Å². The summed E-state index contributed by atoms with van der Waals surface area (Å²) in [5, 5.41) is 8.90. The summed E-state index contributed by atoms with van der Waals surface area (Å²) in [6.07, 6.45) is 6.98. The molecule has 1 amide bonds. The Morgan fingerprint density at radius 1 is 1.10 bits per heavy atom. The molecule has 3 atom stereocenters. The second-order valence-electron chi connectivity index (χ2n) is 6.70. The quantitative estimate of drug-likeness (QED) is 0.813. The Morgan fingerprint density at radius 3 is 2.38 bits per heavy atom. The molecule has 118 valence electrons. The van der Waals surface area contributed by atoms with Crippen LogP contribution in [0.5, 0.6) is 0 Å². The van der Waals surface area contributed by atoms with Crippen LogP contribution in [0.4, 0.5) is 0 Å². The van der Waals surface area contributed by atoms with Crippen molar-refractivity contribution in [3.63, 3.8) is 0 Å². The first-order valence-electron chi connectivity index (χ1n) is 8.29. The molecular formula is C16H25NO4. The predicted octanol–water partition coefficient (Wildman–Crippen LogP) is 1.90. The third-order valence-corrected chi connectivity index (χ3v) is 5.30. The van der Waals surface area contributed by atoms with E-state index >= 15 is 0 Å². The second-order valence-corrected chi connectivity index (χ2v) is 6.70. The van der Waals surface area contributed by atoms with Crippen LogP contribution in [0.15, 0.2) is 0 Å². The van der Waals surface area contributed by atoms with E-state index in [-0.39, 0.29) is 24.3 Å². The Morgan fingerprint density at radius 2 is 1.81 bits per heavy atom. The maximum atomic E-state index is 12.7. The fourth-order valence-electron chi connectivity index (χ4n) is 4.13. The first kappa shape index (κ1) is 14.8. The largest absolute Gasteiger partial charge is 0.481 e. The van der Waals surface area contributed by atoms with Crippen LogP contribution in [-0.2, 0) is 14.3 Å². The van der Waals surface area contributed by atoms with Gasteiger partial charge >= 0.3 is 5.97 Å². The number of hydrogen-bond donors (Lipinski definition) is 1. The van der Waals surface area contributed by atoms with Crippen molar-refractivity contribution in [2.45, 2.75) is 51.0 Å². The number of carboxylic acid groups (broad SMARTS) is 1. The van der Waals surface area contributed by atoms with Crippen LogP contribution >= 0.6 is 0 Å². The Hall–Kier alpha value is -1.10. The molecule has 0 aromatic carbocycles. The van der Waals surface area contributed by atoms with Gasteiger partial charge in [-0.3, -0.25) is 9.59 Å². The predicted molar refractivity (Wildman–Crippen MR) is 76.7 cm³/mol. The first-order chi connectivity index (χ1) is 10.2. The lowest BCUT2D eigenvalue weighted by Gasteiger charge is -2.25. The van der Waals surface area contributed by atoms with Gasteiger partial charge in [0.2, 0.25) is 5.91 Å². The molecule has 1 aliphatic heterocycles. The van der Waals surface area contributed by atoms with Crippen molar-refractivity contribution < 1.29 is 19.4 Å². The molecule has 3 rings (SSSR count). The molecule has 2 aliphatic carbocycles. The molecule has 1 heterocycles. The van der Waals surface area contributed by atoms with Crippen LogP contribution < -0.4 is 0 Å². The molecule has 0 radical (unpaired) electrons. The molecule has 0 spiro atoms. The van der Waals surface area contributed by atoms with E-state index in [9.17, 15) is 9.59 Å². The number of carbonyl (C=O) groups excluding carboxylic acids is 1. The van der Waals surface area contributed by atoms with Crippen molar-refractivity contribution >= 4 is 11.9 Å². The zero-order chi connectivity index (χ0) is 14.8. The number of ether oxygens (including phenoxy) is 1. The zero-order valence-electron chi connectivity index (χ0n) is 12.5. The van der Waals surface area contributed by atoms with Gasteiger partial charge in [0.15, 0.2) is 0 Å². The van der Waals surface area contributed by atoms with Gasteiger partial charge in [-0.05, 0) is 37.5 Å². The summed E-state index contributed by atoms with van der Waals surface area (Å²) in [6.45, 7) is 1.66. The number of fused-ring (bicyclic) bond motifs is 1. The van der Waals surface area contributed by atoms with Crippen molar-refractivity contribution in [1.82, 2.24) is 4.90 Å². The number of rotatable bonds is 6. The highest BCUT2D eigenvalue weighted by Gasteiger charge is 2.55. The smallest absolute Gasteiger partial charge is 0.305 e. The second kappa shape index (κ2) is 6.34. The summed E-state index contributed by atoms with van der Waals surface area (Å²) in [6, 6.07) is 0. The van der Waals surface area contributed by atoms with Crippen LogP contribution in [0.1, 0.15) is 44.9 Å². The highest BCUT2D eigenvalue weighted by molar-refractivity contribution is 5.83. The summed E-state index contributed by atoms with van der Waals surface area (Å²) >= 11 is 0. The third-order valence-electron chi connectivity index (χ3n) is 5.30. The summed E-state index contributed by atoms with van der Waals surface area (Å²) in [5.74, 6) is 0.658. The Kier molecular flexibility index (Phi) is 4.48. The number of amides is 1.